The van der Waals surface area contributed by atoms with Gasteiger partial charge >= 0.3 is 29.6 Å². The molecule has 0 atom stereocenters. The zero-order chi connectivity index (χ0) is 22.6. The van der Waals surface area contributed by atoms with Crippen LogP contribution in [-0.4, -0.2) is 51.9 Å². The monoisotopic (exact) mass is 459 g/mol. The first-order chi connectivity index (χ1) is 14.0. The minimum absolute atomic E-state index is 0. The number of benzene rings is 2. The average molecular weight is 459 g/mol. The van der Waals surface area contributed by atoms with Crippen LogP contribution in [0.15, 0.2) is 51.6 Å². The van der Waals surface area contributed by atoms with Gasteiger partial charge in [0, 0.05) is 32.8 Å². The largest absolute Gasteiger partial charge is 1.00 e. The van der Waals surface area contributed by atoms with Gasteiger partial charge in [0.25, 0.3) is 5.69 Å². The Morgan fingerprint density at radius 3 is 2.29 bits per heavy atom. The Balaban J connectivity index is 0.00000480. The molecule has 0 aromatic heterocycles. The zero-order valence-corrected chi connectivity index (χ0v) is 20.3. The molecule has 12 nitrogen and oxygen atoms in total. The van der Waals surface area contributed by atoms with Crippen molar-refractivity contribution in [1.29, 1.82) is 0 Å². The van der Waals surface area contributed by atoms with Crippen molar-refractivity contribution in [2.45, 2.75) is 4.90 Å². The summed E-state index contributed by atoms with van der Waals surface area (Å²) in [5.41, 5.74) is -0.416. The van der Waals surface area contributed by atoms with E-state index in [2.05, 4.69) is 10.3 Å². The molecule has 0 aliphatic heterocycles. The van der Waals surface area contributed by atoms with E-state index in [4.69, 9.17) is 4.74 Å². The number of hydrogen-bond acceptors (Lipinski definition) is 9. The number of nitrogens with zero attached hydrogens (tertiary/aromatic N) is 5. The third-order valence-corrected chi connectivity index (χ3v) is 5.79. The second-order valence-electron chi connectivity index (χ2n) is 6.08. The van der Waals surface area contributed by atoms with Crippen LogP contribution >= 0.6 is 0 Å². The molecule has 0 amide bonds. The molecule has 0 radical (unpaired) electrons. The smallest absolute Gasteiger partial charge is 0.545 e. The number of carbonyl (C=O) groups excluding carboxylic acids is 1. The molecule has 0 saturated carbocycles. The first-order valence-electron chi connectivity index (χ1n) is 8.24. The Morgan fingerprint density at radius 2 is 1.77 bits per heavy atom. The third kappa shape index (κ3) is 5.98. The summed E-state index contributed by atoms with van der Waals surface area (Å²) in [5.74, 6) is -1.51. The van der Waals surface area contributed by atoms with Gasteiger partial charge in [-0.25, -0.2) is 17.7 Å². The van der Waals surface area contributed by atoms with E-state index >= 15 is 0 Å². The molecule has 31 heavy (non-hydrogen) atoms. The van der Waals surface area contributed by atoms with Gasteiger partial charge in [-0.15, -0.1) is 5.11 Å². The Bertz CT molecular complexity index is 1120. The maximum Gasteiger partial charge on any atom is 1.00 e. The van der Waals surface area contributed by atoms with Crippen LogP contribution < -0.4 is 44.4 Å². The minimum atomic E-state index is -3.85. The van der Waals surface area contributed by atoms with E-state index in [1.165, 1.54) is 58.6 Å². The molecule has 2 aromatic rings. The van der Waals surface area contributed by atoms with Crippen LogP contribution in [0.3, 0.4) is 0 Å². The van der Waals surface area contributed by atoms with Crippen LogP contribution in [0, 0.1) is 10.1 Å². The molecule has 0 N–H and O–H groups in total. The van der Waals surface area contributed by atoms with Crippen molar-refractivity contribution in [3.05, 3.63) is 52.1 Å². The van der Waals surface area contributed by atoms with E-state index in [9.17, 15) is 28.4 Å². The Hall–Kier alpha value is -2.58. The van der Waals surface area contributed by atoms with Crippen LogP contribution in [0.5, 0.6) is 5.75 Å². The van der Waals surface area contributed by atoms with Gasteiger partial charge in [-0.05, 0) is 24.3 Å². The molecule has 0 spiro atoms. The number of sulfonamides is 1. The Kier molecular flexibility index (Phi) is 9.08. The molecule has 2 aromatic carbocycles. The van der Waals surface area contributed by atoms with Crippen molar-refractivity contribution in [2.24, 2.45) is 10.3 Å². The fraction of sp³-hybridized carbons (Fsp3) is 0.235. The van der Waals surface area contributed by atoms with Crippen LogP contribution in [0.2, 0.25) is 0 Å². The maximum absolute atomic E-state index is 12.2. The number of nitro benzene ring substituents is 1. The van der Waals surface area contributed by atoms with E-state index in [-0.39, 0.29) is 57.3 Å². The van der Waals surface area contributed by atoms with Crippen molar-refractivity contribution >= 4 is 33.1 Å². The fourth-order valence-corrected chi connectivity index (χ4v) is 3.29. The number of nitro groups is 1. The van der Waals surface area contributed by atoms with Crippen molar-refractivity contribution in [1.82, 2.24) is 4.31 Å². The summed E-state index contributed by atoms with van der Waals surface area (Å²) < 4.78 is 30.5. The summed E-state index contributed by atoms with van der Waals surface area (Å²) in [6, 6.07) is 7.16. The number of non-ortho nitro benzene ring substituents is 1. The fourth-order valence-electron chi connectivity index (χ4n) is 2.36. The first-order valence-corrected chi connectivity index (χ1v) is 9.68. The quantitative estimate of drug-likeness (QED) is 0.197. The van der Waals surface area contributed by atoms with E-state index in [1.807, 2.05) is 0 Å². The Labute approximate surface area is 200 Å². The summed E-state index contributed by atoms with van der Waals surface area (Å²) in [6.07, 6.45) is 0. The van der Waals surface area contributed by atoms with E-state index < -0.39 is 26.5 Å². The second kappa shape index (κ2) is 10.6. The average Bonchev–Trinajstić information content (AvgIpc) is 2.70. The summed E-state index contributed by atoms with van der Waals surface area (Å²) in [4.78, 5) is 21.6. The van der Waals surface area contributed by atoms with Crippen LogP contribution in [0.4, 0.5) is 17.1 Å². The number of aromatic carboxylic acids is 1. The van der Waals surface area contributed by atoms with Crippen LogP contribution in [0.25, 0.3) is 0 Å². The first kappa shape index (κ1) is 26.5. The molecule has 0 fully saturated rings. The zero-order valence-electron chi connectivity index (χ0n) is 17.5. The van der Waals surface area contributed by atoms with Crippen molar-refractivity contribution in [2.75, 3.05) is 33.3 Å². The maximum atomic E-state index is 12.2. The molecule has 0 saturated heterocycles. The molecule has 0 heterocycles. The number of rotatable bonds is 8. The standard InChI is InChI=1S/C17H19N5O7S.Na/c1-20(2)30(27,28)12-6-8-15(13(10-12)17(23)24)21(3)19-18-14-7-5-11(22(25)26)9-16(14)29-4;/h5-10H,1-4H3,(H,23,24);/q;+1/p-1. The summed E-state index contributed by atoms with van der Waals surface area (Å²) in [5, 5.41) is 31.3. The summed E-state index contributed by atoms with van der Waals surface area (Å²) in [6.45, 7) is 0. The van der Waals surface area contributed by atoms with Crippen LogP contribution in [-0.2, 0) is 10.0 Å². The van der Waals surface area contributed by atoms with E-state index in [0.717, 1.165) is 15.4 Å². The third-order valence-electron chi connectivity index (χ3n) is 3.98. The second-order valence-corrected chi connectivity index (χ2v) is 8.23. The molecular weight excluding hydrogens is 441 g/mol. The normalized spacial score (nSPS) is 11.3. The number of carboxylic acid groups (broad SMARTS) is 1. The number of carboxylic acids is 1. The Morgan fingerprint density at radius 1 is 1.13 bits per heavy atom. The molecule has 0 unspecified atom stereocenters. The van der Waals surface area contributed by atoms with Crippen molar-refractivity contribution < 1.29 is 57.5 Å². The predicted molar refractivity (Wildman–Crippen MR) is 104 cm³/mol. The van der Waals surface area contributed by atoms with E-state index in [0.29, 0.717) is 0 Å². The summed E-state index contributed by atoms with van der Waals surface area (Å²) in [7, 11) is 1.48. The van der Waals surface area contributed by atoms with Gasteiger partial charge in [0.1, 0.15) is 5.69 Å². The summed E-state index contributed by atoms with van der Waals surface area (Å²) >= 11 is 0. The van der Waals surface area contributed by atoms with Crippen molar-refractivity contribution in [3.63, 3.8) is 0 Å². The number of carbonyl (C=O) groups is 1. The minimum Gasteiger partial charge on any atom is -0.545 e. The van der Waals surface area contributed by atoms with Gasteiger partial charge in [0.05, 0.1) is 34.7 Å². The number of hydrogen-bond donors (Lipinski definition) is 0. The number of ether oxygens (including phenoxy) is 1. The van der Waals surface area contributed by atoms with Gasteiger partial charge in [-0.3, -0.25) is 10.1 Å². The molecule has 0 bridgehead atoms. The van der Waals surface area contributed by atoms with Gasteiger partial charge in [0.15, 0.2) is 5.75 Å². The van der Waals surface area contributed by atoms with Gasteiger partial charge in [-0.1, -0.05) is 5.22 Å². The van der Waals surface area contributed by atoms with Crippen LogP contribution in [0.1, 0.15) is 10.4 Å². The molecule has 2 rings (SSSR count). The van der Waals surface area contributed by atoms with Gasteiger partial charge in [0.2, 0.25) is 10.0 Å². The topological polar surface area (TPSA) is 158 Å². The van der Waals surface area contributed by atoms with Crippen molar-refractivity contribution in [3.8, 4) is 5.75 Å². The molecule has 14 heteroatoms. The molecule has 0 aliphatic carbocycles. The molecular formula is C17H18N5NaO7S. The van der Waals surface area contributed by atoms with Gasteiger partial charge < -0.3 is 14.6 Å². The molecule has 0 aliphatic rings. The van der Waals surface area contributed by atoms with Gasteiger partial charge in [-0.2, -0.15) is 0 Å². The number of anilines is 1. The predicted octanol–water partition coefficient (Wildman–Crippen LogP) is -1.64. The van der Waals surface area contributed by atoms with E-state index in [1.54, 1.807) is 0 Å². The SMILES string of the molecule is COc1cc([N+](=O)[O-])ccc1N=NN(C)c1ccc(S(=O)(=O)N(C)C)cc1C(=O)[O-].[Na+]. The number of methoxy groups -OCH3 is 1. The molecule has 160 valence electrons.